The van der Waals surface area contributed by atoms with Gasteiger partial charge in [-0.2, -0.15) is 0 Å². The summed E-state index contributed by atoms with van der Waals surface area (Å²) < 4.78 is 9.53. The lowest BCUT2D eigenvalue weighted by Gasteiger charge is -2.53. The van der Waals surface area contributed by atoms with E-state index in [2.05, 4.69) is 236 Å². The fraction of sp³-hybridized carbons (Fsp3) is 0.156. The molecule has 4 aliphatic rings. The molecule has 7 aromatic carbocycles. The van der Waals surface area contributed by atoms with Crippen LogP contribution in [0.2, 0.25) is 0 Å². The highest BCUT2D eigenvalue weighted by Gasteiger charge is 2.50. The molecule has 0 amide bonds. The van der Waals surface area contributed by atoms with Gasteiger partial charge in [-0.15, -0.1) is 11.3 Å². The first-order chi connectivity index (χ1) is 33.4. The van der Waals surface area contributed by atoms with Crippen LogP contribution in [0.5, 0.6) is 0 Å². The summed E-state index contributed by atoms with van der Waals surface area (Å²) in [5, 5.41) is 5.12. The first kappa shape index (κ1) is 40.8. The average Bonchev–Trinajstić information content (AvgIpc) is 3.97. The van der Waals surface area contributed by atoms with Crippen molar-refractivity contribution >= 4 is 77.3 Å². The standard InChI is InChI=1S/C64H52N2OS/c1-63(66(48-23-10-5-11-24-48)57-31-18-28-51-50-26-14-17-32-58(50)67-61(51)57)40-39-55-62-60(52-27-12-15-29-54(52)64(55,2)42-63)53-38-35-45(41-59(53)68-62)43-33-36-47(37-34-43)65(46-21-8-4-9-22-46)56-30-16-13-25-49(56)44-19-6-3-7-20-44/h3,5-8,10-14,16-28,30-41,54H,4,9,15,29,42H2,1-2H3. The number of benzene rings is 7. The third kappa shape index (κ3) is 6.53. The van der Waals surface area contributed by atoms with Crippen molar-refractivity contribution in [1.29, 1.82) is 0 Å². The molecule has 68 heavy (non-hydrogen) atoms. The zero-order valence-electron chi connectivity index (χ0n) is 38.5. The van der Waals surface area contributed by atoms with Crippen molar-refractivity contribution < 1.29 is 4.42 Å². The van der Waals surface area contributed by atoms with E-state index in [0.717, 1.165) is 65.4 Å². The molecule has 0 spiro atoms. The summed E-state index contributed by atoms with van der Waals surface area (Å²) in [5.41, 5.74) is 15.1. The van der Waals surface area contributed by atoms with Gasteiger partial charge in [-0.05, 0) is 127 Å². The van der Waals surface area contributed by atoms with Crippen LogP contribution in [-0.2, 0) is 0 Å². The SMILES string of the molecule is CC12CC(C)(N(c3ccccc3)c3cccc4c3oc3ccccc34)C=CC1=c1sc3cc(-c4ccc(N(C5=CCCC=C5)c5ccccc5-c5ccccc5)cc4)ccc3c1=C1C=CCCC12. The number of hydrogen-bond acceptors (Lipinski definition) is 4. The monoisotopic (exact) mass is 896 g/mol. The molecule has 330 valence electrons. The summed E-state index contributed by atoms with van der Waals surface area (Å²) >= 11 is 1.98. The van der Waals surface area contributed by atoms with Gasteiger partial charge in [0, 0.05) is 58.7 Å². The Labute approximate surface area is 402 Å². The van der Waals surface area contributed by atoms with Gasteiger partial charge in [0.1, 0.15) is 5.58 Å². The van der Waals surface area contributed by atoms with Crippen molar-refractivity contribution in [3.8, 4) is 22.3 Å². The number of anilines is 4. The Morgan fingerprint density at radius 2 is 1.32 bits per heavy atom. The smallest absolute Gasteiger partial charge is 0.159 e. The van der Waals surface area contributed by atoms with E-state index in [9.17, 15) is 0 Å². The summed E-state index contributed by atoms with van der Waals surface area (Å²) in [4.78, 5) is 5.00. The van der Waals surface area contributed by atoms with Gasteiger partial charge in [-0.3, -0.25) is 0 Å². The molecular formula is C64H52N2OS. The summed E-state index contributed by atoms with van der Waals surface area (Å²) in [6, 6.07) is 62.0. The van der Waals surface area contributed by atoms with Crippen molar-refractivity contribution in [2.45, 2.75) is 51.5 Å². The van der Waals surface area contributed by atoms with Crippen LogP contribution in [0.25, 0.3) is 65.4 Å². The van der Waals surface area contributed by atoms with Crippen LogP contribution in [0.15, 0.2) is 223 Å². The first-order valence-electron chi connectivity index (χ1n) is 24.3. The van der Waals surface area contributed by atoms with E-state index in [1.54, 1.807) is 0 Å². The molecule has 2 heterocycles. The van der Waals surface area contributed by atoms with Crippen LogP contribution in [0, 0.1) is 11.3 Å². The maximum Gasteiger partial charge on any atom is 0.159 e. The fourth-order valence-corrected chi connectivity index (χ4v) is 13.7. The molecule has 13 rings (SSSR count). The number of thiophene rings is 1. The number of allylic oxidation sites excluding steroid dienone is 6. The number of rotatable bonds is 8. The number of para-hydroxylation sites is 4. The quantitative estimate of drug-likeness (QED) is 0.152. The average molecular weight is 897 g/mol. The molecule has 9 aromatic rings. The predicted octanol–water partition coefficient (Wildman–Crippen LogP) is 16.4. The Bertz CT molecular complexity index is 3700. The lowest BCUT2D eigenvalue weighted by molar-refractivity contribution is 0.240. The zero-order chi connectivity index (χ0) is 45.4. The van der Waals surface area contributed by atoms with E-state index in [4.69, 9.17) is 4.42 Å². The molecule has 0 saturated heterocycles. The third-order valence-corrected chi connectivity index (χ3v) is 16.5. The summed E-state index contributed by atoms with van der Waals surface area (Å²) in [7, 11) is 0. The molecule has 3 nitrogen and oxygen atoms in total. The van der Waals surface area contributed by atoms with Crippen LogP contribution in [0.1, 0.15) is 46.0 Å². The molecule has 0 bridgehead atoms. The van der Waals surface area contributed by atoms with E-state index in [1.165, 1.54) is 70.3 Å². The largest absolute Gasteiger partial charge is 0.454 e. The summed E-state index contributed by atoms with van der Waals surface area (Å²) in [6.07, 6.45) is 22.2. The van der Waals surface area contributed by atoms with Crippen molar-refractivity contribution in [3.63, 3.8) is 0 Å². The molecule has 0 N–H and O–H groups in total. The number of hydrogen-bond donors (Lipinski definition) is 0. The van der Waals surface area contributed by atoms with E-state index in [0.29, 0.717) is 5.92 Å². The minimum Gasteiger partial charge on any atom is -0.454 e. The van der Waals surface area contributed by atoms with Crippen LogP contribution in [0.3, 0.4) is 0 Å². The minimum atomic E-state index is -0.352. The zero-order valence-corrected chi connectivity index (χ0v) is 39.3. The lowest BCUT2D eigenvalue weighted by Crippen LogP contribution is -2.53. The summed E-state index contributed by atoms with van der Waals surface area (Å²) in [5.74, 6) is 0.396. The Morgan fingerprint density at radius 1 is 0.588 bits per heavy atom. The highest BCUT2D eigenvalue weighted by atomic mass is 32.1. The number of fused-ring (bicyclic) bond motifs is 9. The van der Waals surface area contributed by atoms with Crippen LogP contribution in [0.4, 0.5) is 22.7 Å². The number of nitrogens with zero attached hydrogens (tertiary/aromatic N) is 2. The highest BCUT2D eigenvalue weighted by Crippen LogP contribution is 2.57. The predicted molar refractivity (Wildman–Crippen MR) is 288 cm³/mol. The molecule has 4 heteroatoms. The minimum absolute atomic E-state index is 0.0983. The maximum atomic E-state index is 6.75. The summed E-state index contributed by atoms with van der Waals surface area (Å²) in [6.45, 7) is 5.01. The normalized spacial score (nSPS) is 20.6. The van der Waals surface area contributed by atoms with Crippen molar-refractivity contribution in [2.75, 3.05) is 9.80 Å². The van der Waals surface area contributed by atoms with Crippen LogP contribution < -0.4 is 19.6 Å². The second-order valence-corrected chi connectivity index (χ2v) is 20.6. The maximum absolute atomic E-state index is 6.75. The Morgan fingerprint density at radius 3 is 2.16 bits per heavy atom. The van der Waals surface area contributed by atoms with Gasteiger partial charge in [-0.1, -0.05) is 165 Å². The molecule has 0 aliphatic heterocycles. The Hall–Kier alpha value is -7.40. The number of furan rings is 1. The van der Waals surface area contributed by atoms with Gasteiger partial charge in [0.2, 0.25) is 0 Å². The Kier molecular flexibility index (Phi) is 9.69. The van der Waals surface area contributed by atoms with Gasteiger partial charge in [0.25, 0.3) is 0 Å². The molecule has 4 aliphatic carbocycles. The van der Waals surface area contributed by atoms with E-state index in [1.807, 2.05) is 11.3 Å². The second kappa shape index (κ2) is 16.1. The molecule has 0 fully saturated rings. The van der Waals surface area contributed by atoms with Gasteiger partial charge in [-0.25, -0.2) is 0 Å². The molecule has 3 atom stereocenters. The van der Waals surface area contributed by atoms with Crippen molar-refractivity contribution in [1.82, 2.24) is 0 Å². The van der Waals surface area contributed by atoms with Crippen LogP contribution >= 0.6 is 11.3 Å². The van der Waals surface area contributed by atoms with Crippen LogP contribution in [-0.4, -0.2) is 5.54 Å². The Balaban J connectivity index is 0.918. The molecule has 2 aromatic heterocycles. The van der Waals surface area contributed by atoms with E-state index in [-0.39, 0.29) is 11.0 Å². The lowest BCUT2D eigenvalue weighted by atomic mass is 9.56. The van der Waals surface area contributed by atoms with Gasteiger partial charge in [0.05, 0.1) is 16.9 Å². The van der Waals surface area contributed by atoms with Gasteiger partial charge in [0.15, 0.2) is 5.58 Å². The van der Waals surface area contributed by atoms with Crippen molar-refractivity contribution in [2.24, 2.45) is 11.3 Å². The molecule has 0 saturated carbocycles. The van der Waals surface area contributed by atoms with Crippen molar-refractivity contribution in [3.05, 3.63) is 228 Å². The molecule has 3 unspecified atom stereocenters. The molecular weight excluding hydrogens is 845 g/mol. The van der Waals surface area contributed by atoms with E-state index >= 15 is 0 Å². The topological polar surface area (TPSA) is 19.6 Å². The van der Waals surface area contributed by atoms with Gasteiger partial charge >= 0.3 is 0 Å². The fourth-order valence-electron chi connectivity index (χ4n) is 12.3. The van der Waals surface area contributed by atoms with E-state index < -0.39 is 0 Å². The van der Waals surface area contributed by atoms with Gasteiger partial charge < -0.3 is 14.2 Å². The second-order valence-electron chi connectivity index (χ2n) is 19.5. The molecule has 0 radical (unpaired) electrons. The third-order valence-electron chi connectivity index (χ3n) is 15.3. The first-order valence-corrected chi connectivity index (χ1v) is 25.1. The highest BCUT2D eigenvalue weighted by molar-refractivity contribution is 7.17.